The summed E-state index contributed by atoms with van der Waals surface area (Å²) in [6, 6.07) is 7.27. The molecule has 1 amide bonds. The van der Waals surface area contributed by atoms with E-state index < -0.39 is 17.7 Å². The van der Waals surface area contributed by atoms with Crippen LogP contribution in [0.4, 0.5) is 0 Å². The molecule has 1 atom stereocenters. The van der Waals surface area contributed by atoms with Crippen LogP contribution in [-0.4, -0.2) is 33.6 Å². The molecule has 6 nitrogen and oxygen atoms in total. The Kier molecular flexibility index (Phi) is 8.75. The minimum absolute atomic E-state index is 0.0993. The van der Waals surface area contributed by atoms with E-state index in [0.717, 1.165) is 31.2 Å². The van der Waals surface area contributed by atoms with Crippen molar-refractivity contribution in [3.8, 4) is 11.1 Å². The predicted octanol–water partition coefficient (Wildman–Crippen LogP) is 7.29. The number of halogens is 1. The molecule has 0 spiro atoms. The van der Waals surface area contributed by atoms with Gasteiger partial charge in [-0.15, -0.1) is 0 Å². The molecule has 1 aromatic heterocycles. The first-order valence-electron chi connectivity index (χ1n) is 13.1. The van der Waals surface area contributed by atoms with Gasteiger partial charge in [0.05, 0.1) is 5.60 Å². The van der Waals surface area contributed by atoms with E-state index in [4.69, 9.17) is 16.3 Å². The second-order valence-corrected chi connectivity index (χ2v) is 12.7. The molecule has 0 aliphatic heterocycles. The van der Waals surface area contributed by atoms with Crippen molar-refractivity contribution in [2.75, 3.05) is 0 Å². The lowest BCUT2D eigenvalue weighted by molar-refractivity contribution is -0.160. The van der Waals surface area contributed by atoms with Gasteiger partial charge in [-0.3, -0.25) is 4.79 Å². The molecule has 2 N–H and O–H groups in total. The Morgan fingerprint density at radius 3 is 2.08 bits per heavy atom. The summed E-state index contributed by atoms with van der Waals surface area (Å²) in [6.45, 7) is 15.8. The van der Waals surface area contributed by atoms with Gasteiger partial charge in [-0.05, 0) is 100 Å². The van der Waals surface area contributed by atoms with E-state index in [1.54, 1.807) is 19.1 Å². The number of nitrogens with one attached hydrogen (secondary N) is 1. The number of aromatic nitrogens is 1. The van der Waals surface area contributed by atoms with Gasteiger partial charge in [-0.1, -0.05) is 44.5 Å². The van der Waals surface area contributed by atoms with Gasteiger partial charge in [0, 0.05) is 22.3 Å². The molecule has 202 valence electrons. The lowest BCUT2D eigenvalue weighted by atomic mass is 9.71. The first-order valence-corrected chi connectivity index (χ1v) is 13.4. The van der Waals surface area contributed by atoms with Crippen LogP contribution in [0.25, 0.3) is 11.1 Å². The van der Waals surface area contributed by atoms with Crippen molar-refractivity contribution in [2.45, 2.75) is 98.8 Å². The van der Waals surface area contributed by atoms with E-state index in [1.807, 2.05) is 39.8 Å². The number of carboxylic acids is 1. The third kappa shape index (κ3) is 7.11. The normalized spacial score (nSPS) is 19.4. The Balaban J connectivity index is 2.04. The van der Waals surface area contributed by atoms with Crippen LogP contribution in [0.15, 0.2) is 24.3 Å². The van der Waals surface area contributed by atoms with Crippen molar-refractivity contribution in [3.63, 3.8) is 0 Å². The summed E-state index contributed by atoms with van der Waals surface area (Å²) in [4.78, 5) is 30.6. The molecule has 1 aromatic carbocycles. The SMILES string of the molecule is Cc1nc(C(=O)NC2CCC(C(C)(C)C)CC2)c(C)c(-c2ccc(Cl)cc2)c1[C@H](OC(C)(C)C)C(=O)O. The molecule has 1 aliphatic rings. The van der Waals surface area contributed by atoms with E-state index >= 15 is 0 Å². The summed E-state index contributed by atoms with van der Waals surface area (Å²) in [5, 5.41) is 13.9. The zero-order valence-corrected chi connectivity index (χ0v) is 24.1. The summed E-state index contributed by atoms with van der Waals surface area (Å²) < 4.78 is 6.00. The van der Waals surface area contributed by atoms with Gasteiger partial charge in [0.25, 0.3) is 5.91 Å². The highest BCUT2D eigenvalue weighted by molar-refractivity contribution is 6.30. The van der Waals surface area contributed by atoms with E-state index in [0.29, 0.717) is 39.0 Å². The summed E-state index contributed by atoms with van der Waals surface area (Å²) >= 11 is 6.14. The fourth-order valence-electron chi connectivity index (χ4n) is 5.29. The van der Waals surface area contributed by atoms with Crippen LogP contribution < -0.4 is 5.32 Å². The molecule has 1 saturated carbocycles. The molecular weight excluding hydrogens is 488 g/mol. The second-order valence-electron chi connectivity index (χ2n) is 12.3. The van der Waals surface area contributed by atoms with Crippen molar-refractivity contribution in [1.82, 2.24) is 10.3 Å². The van der Waals surface area contributed by atoms with Crippen LogP contribution in [0.3, 0.4) is 0 Å². The van der Waals surface area contributed by atoms with Gasteiger partial charge in [0.2, 0.25) is 0 Å². The van der Waals surface area contributed by atoms with Gasteiger partial charge in [0.1, 0.15) is 5.69 Å². The zero-order chi connectivity index (χ0) is 27.7. The number of pyridine rings is 1. The minimum Gasteiger partial charge on any atom is -0.479 e. The van der Waals surface area contributed by atoms with Crippen LogP contribution >= 0.6 is 11.6 Å². The highest BCUT2D eigenvalue weighted by atomic mass is 35.5. The molecule has 2 aromatic rings. The van der Waals surface area contributed by atoms with Crippen LogP contribution in [0.2, 0.25) is 5.02 Å². The average Bonchev–Trinajstić information content (AvgIpc) is 2.78. The third-order valence-electron chi connectivity index (χ3n) is 7.26. The van der Waals surface area contributed by atoms with Crippen molar-refractivity contribution in [2.24, 2.45) is 11.3 Å². The molecule has 1 fully saturated rings. The fraction of sp³-hybridized carbons (Fsp3) is 0.567. The molecule has 0 radical (unpaired) electrons. The van der Waals surface area contributed by atoms with Gasteiger partial charge < -0.3 is 15.2 Å². The topological polar surface area (TPSA) is 88.5 Å². The van der Waals surface area contributed by atoms with E-state index in [1.165, 1.54) is 0 Å². The van der Waals surface area contributed by atoms with Crippen LogP contribution in [0.5, 0.6) is 0 Å². The number of carbonyl (C=O) groups excluding carboxylic acids is 1. The van der Waals surface area contributed by atoms with Crippen LogP contribution in [0.1, 0.15) is 101 Å². The largest absolute Gasteiger partial charge is 0.479 e. The number of rotatable bonds is 6. The first kappa shape index (κ1) is 29.1. The van der Waals surface area contributed by atoms with Gasteiger partial charge >= 0.3 is 5.97 Å². The summed E-state index contributed by atoms with van der Waals surface area (Å²) in [5.74, 6) is -0.693. The smallest absolute Gasteiger partial charge is 0.337 e. The summed E-state index contributed by atoms with van der Waals surface area (Å²) in [5.41, 5.74) is 2.79. The maximum absolute atomic E-state index is 13.5. The number of aliphatic carboxylic acids is 1. The van der Waals surface area contributed by atoms with Gasteiger partial charge in [0.15, 0.2) is 6.10 Å². The van der Waals surface area contributed by atoms with E-state index in [9.17, 15) is 14.7 Å². The number of carboxylic acid groups (broad SMARTS) is 1. The fourth-order valence-corrected chi connectivity index (χ4v) is 5.41. The summed E-state index contributed by atoms with van der Waals surface area (Å²) in [7, 11) is 0. The molecule has 0 bridgehead atoms. The van der Waals surface area contributed by atoms with Gasteiger partial charge in [-0.25, -0.2) is 9.78 Å². The van der Waals surface area contributed by atoms with Crippen molar-refractivity contribution < 1.29 is 19.4 Å². The number of carbonyl (C=O) groups is 2. The van der Waals surface area contributed by atoms with Crippen LogP contribution in [-0.2, 0) is 9.53 Å². The Morgan fingerprint density at radius 2 is 1.59 bits per heavy atom. The standard InChI is InChI=1S/C30H41ClN2O4/c1-17-23(19-9-13-21(31)14-10-19)24(26(28(35)36)37-30(6,7)8)18(2)32-25(17)27(34)33-22-15-11-20(12-16-22)29(3,4)5/h9-10,13-14,20,22,26H,11-12,15-16H2,1-8H3,(H,33,34)(H,35,36)/t20?,22?,26-/m0/s1. The van der Waals surface area contributed by atoms with Gasteiger partial charge in [-0.2, -0.15) is 0 Å². The Labute approximate surface area is 226 Å². The third-order valence-corrected chi connectivity index (χ3v) is 7.51. The number of benzene rings is 1. The number of amides is 1. The Bertz CT molecular complexity index is 1140. The lowest BCUT2D eigenvalue weighted by Gasteiger charge is -2.37. The number of aryl methyl sites for hydroxylation is 1. The van der Waals surface area contributed by atoms with E-state index in [2.05, 4.69) is 31.1 Å². The zero-order valence-electron chi connectivity index (χ0n) is 23.4. The van der Waals surface area contributed by atoms with Crippen molar-refractivity contribution in [3.05, 3.63) is 51.8 Å². The molecule has 1 heterocycles. The lowest BCUT2D eigenvalue weighted by Crippen LogP contribution is -2.40. The second kappa shape index (κ2) is 11.1. The van der Waals surface area contributed by atoms with Crippen LogP contribution in [0, 0.1) is 25.2 Å². The Morgan fingerprint density at radius 1 is 1.03 bits per heavy atom. The molecular formula is C30H41ClN2O4. The molecule has 0 saturated heterocycles. The maximum atomic E-state index is 13.5. The van der Waals surface area contributed by atoms with Crippen molar-refractivity contribution >= 4 is 23.5 Å². The van der Waals surface area contributed by atoms with E-state index in [-0.39, 0.29) is 17.4 Å². The quantitative estimate of drug-likeness (QED) is 0.410. The molecule has 0 unspecified atom stereocenters. The monoisotopic (exact) mass is 528 g/mol. The molecule has 37 heavy (non-hydrogen) atoms. The van der Waals surface area contributed by atoms with Crippen molar-refractivity contribution in [1.29, 1.82) is 0 Å². The highest BCUT2D eigenvalue weighted by Gasteiger charge is 2.34. The average molecular weight is 529 g/mol. The minimum atomic E-state index is -1.25. The summed E-state index contributed by atoms with van der Waals surface area (Å²) in [6.07, 6.45) is 2.79. The number of hydrogen-bond donors (Lipinski definition) is 2. The number of hydrogen-bond acceptors (Lipinski definition) is 4. The Hall–Kier alpha value is -2.44. The molecule has 1 aliphatic carbocycles. The first-order chi connectivity index (χ1) is 17.1. The molecule has 3 rings (SSSR count). The number of nitrogens with zero attached hydrogens (tertiary/aromatic N) is 1. The predicted molar refractivity (Wildman–Crippen MR) is 148 cm³/mol. The molecule has 7 heteroatoms. The number of ether oxygens (including phenoxy) is 1. The maximum Gasteiger partial charge on any atom is 0.337 e. The highest BCUT2D eigenvalue weighted by Crippen LogP contribution is 2.40.